The molecule has 1 heterocycles. The predicted octanol–water partition coefficient (Wildman–Crippen LogP) is 5.25. The van der Waals surface area contributed by atoms with Crippen molar-refractivity contribution in [2.75, 3.05) is 7.11 Å². The molecule has 0 spiro atoms. The monoisotopic (exact) mass is 388 g/mol. The fourth-order valence-corrected chi connectivity index (χ4v) is 3.08. The molecule has 3 aromatic rings. The Kier molecular flexibility index (Phi) is 5.20. The van der Waals surface area contributed by atoms with E-state index >= 15 is 0 Å². The summed E-state index contributed by atoms with van der Waals surface area (Å²) in [5, 5.41) is 0. The molecule has 0 amide bonds. The van der Waals surface area contributed by atoms with Crippen LogP contribution < -0.4 is 18.9 Å². The highest BCUT2D eigenvalue weighted by Gasteiger charge is 2.22. The van der Waals surface area contributed by atoms with E-state index in [0.717, 1.165) is 17.4 Å². The highest BCUT2D eigenvalue weighted by atomic mass is 16.6. The Labute approximate surface area is 169 Å². The normalized spacial score (nSPS) is 12.5. The smallest absolute Gasteiger partial charge is 0.172 e. The Hall–Kier alpha value is -3.73. The van der Waals surface area contributed by atoms with Gasteiger partial charge in [-0.15, -0.1) is 0 Å². The first kappa shape index (κ1) is 18.6. The topological polar surface area (TPSA) is 54.0 Å². The third-order valence-electron chi connectivity index (χ3n) is 4.56. The van der Waals surface area contributed by atoms with Crippen LogP contribution in [-0.4, -0.2) is 13.4 Å². The first-order valence-electron chi connectivity index (χ1n) is 9.19. The molecule has 0 aromatic heterocycles. The molecule has 29 heavy (non-hydrogen) atoms. The molecule has 1 aliphatic rings. The van der Waals surface area contributed by atoms with Crippen molar-refractivity contribution in [3.63, 3.8) is 0 Å². The van der Waals surface area contributed by atoms with Gasteiger partial charge in [0.05, 0.1) is 7.11 Å². The minimum atomic E-state index is 0.444. The lowest BCUT2D eigenvalue weighted by Crippen LogP contribution is -2.10. The summed E-state index contributed by atoms with van der Waals surface area (Å²) in [6.45, 7) is 2.28. The number of allylic oxidation sites excluding steroid dienone is 1. The van der Waals surface area contributed by atoms with E-state index in [2.05, 4.69) is 0 Å². The van der Waals surface area contributed by atoms with Crippen molar-refractivity contribution in [1.82, 2.24) is 0 Å². The fraction of sp³-hybridized carbons (Fsp3) is 0.125. The number of aldehydes is 1. The van der Waals surface area contributed by atoms with Gasteiger partial charge in [-0.1, -0.05) is 30.3 Å². The van der Waals surface area contributed by atoms with Crippen LogP contribution in [0.25, 0.3) is 5.76 Å². The van der Waals surface area contributed by atoms with Gasteiger partial charge in [0, 0.05) is 11.1 Å². The SMILES string of the molecule is COc1cc(C2=C(C)Oc3ccc(C=O)cc3O2)ccc1OCc1ccccc1. The van der Waals surface area contributed by atoms with Crippen LogP contribution in [-0.2, 0) is 6.61 Å². The van der Waals surface area contributed by atoms with E-state index < -0.39 is 0 Å². The third-order valence-corrected chi connectivity index (χ3v) is 4.56. The lowest BCUT2D eigenvalue weighted by molar-refractivity contribution is 0.112. The molecule has 5 heteroatoms. The maximum absolute atomic E-state index is 11.1. The van der Waals surface area contributed by atoms with E-state index in [0.29, 0.717) is 46.7 Å². The summed E-state index contributed by atoms with van der Waals surface area (Å²) in [7, 11) is 1.60. The average molecular weight is 388 g/mol. The van der Waals surface area contributed by atoms with Crippen molar-refractivity contribution in [2.45, 2.75) is 13.5 Å². The molecule has 0 N–H and O–H groups in total. The molecule has 1 aliphatic heterocycles. The summed E-state index contributed by atoms with van der Waals surface area (Å²) in [6, 6.07) is 20.6. The Morgan fingerprint density at radius 3 is 2.48 bits per heavy atom. The Morgan fingerprint density at radius 2 is 1.72 bits per heavy atom. The summed E-state index contributed by atoms with van der Waals surface area (Å²) in [6.07, 6.45) is 0.774. The first-order valence-corrected chi connectivity index (χ1v) is 9.19. The van der Waals surface area contributed by atoms with Crippen LogP contribution in [0.15, 0.2) is 72.5 Å². The largest absolute Gasteiger partial charge is 0.493 e. The number of benzene rings is 3. The number of fused-ring (bicyclic) bond motifs is 1. The second-order valence-corrected chi connectivity index (χ2v) is 6.55. The molecule has 0 saturated carbocycles. The highest BCUT2D eigenvalue weighted by molar-refractivity contribution is 5.78. The maximum Gasteiger partial charge on any atom is 0.172 e. The van der Waals surface area contributed by atoms with E-state index in [1.807, 2.05) is 55.5 Å². The van der Waals surface area contributed by atoms with Crippen LogP contribution in [0.3, 0.4) is 0 Å². The van der Waals surface area contributed by atoms with E-state index in [-0.39, 0.29) is 0 Å². The number of carbonyl (C=O) groups is 1. The van der Waals surface area contributed by atoms with Crippen molar-refractivity contribution in [1.29, 1.82) is 0 Å². The molecular formula is C24H20O5. The van der Waals surface area contributed by atoms with Crippen LogP contribution in [0.4, 0.5) is 0 Å². The van der Waals surface area contributed by atoms with E-state index in [4.69, 9.17) is 18.9 Å². The predicted molar refractivity (Wildman–Crippen MR) is 109 cm³/mol. The number of hydrogen-bond donors (Lipinski definition) is 0. The molecule has 0 bridgehead atoms. The van der Waals surface area contributed by atoms with Crippen molar-refractivity contribution in [3.8, 4) is 23.0 Å². The van der Waals surface area contributed by atoms with Gasteiger partial charge in [0.1, 0.15) is 18.7 Å². The number of carbonyl (C=O) groups excluding carboxylic acids is 1. The summed E-state index contributed by atoms with van der Waals surface area (Å²) in [5.41, 5.74) is 2.38. The van der Waals surface area contributed by atoms with Gasteiger partial charge in [0.15, 0.2) is 28.8 Å². The van der Waals surface area contributed by atoms with Crippen LogP contribution in [0, 0.1) is 0 Å². The van der Waals surface area contributed by atoms with Gasteiger partial charge in [-0.2, -0.15) is 0 Å². The number of hydrogen-bond acceptors (Lipinski definition) is 5. The summed E-state index contributed by atoms with van der Waals surface area (Å²) in [5.74, 6) is 3.49. The molecule has 0 radical (unpaired) electrons. The lowest BCUT2D eigenvalue weighted by atomic mass is 10.1. The molecule has 3 aromatic carbocycles. The molecule has 5 nitrogen and oxygen atoms in total. The number of methoxy groups -OCH3 is 1. The average Bonchev–Trinajstić information content (AvgIpc) is 2.77. The standard InChI is InChI=1S/C24H20O5/c1-16-24(29-23-12-18(14-25)8-10-21(23)28-16)19-9-11-20(22(13-19)26-2)27-15-17-6-4-3-5-7-17/h3-14H,15H2,1-2H3. The summed E-state index contributed by atoms with van der Waals surface area (Å²) < 4.78 is 23.3. The molecule has 0 unspecified atom stereocenters. The van der Waals surface area contributed by atoms with Gasteiger partial charge in [-0.3, -0.25) is 4.79 Å². The van der Waals surface area contributed by atoms with Gasteiger partial charge >= 0.3 is 0 Å². The minimum absolute atomic E-state index is 0.444. The molecule has 0 aliphatic carbocycles. The van der Waals surface area contributed by atoms with E-state index in [1.165, 1.54) is 0 Å². The Morgan fingerprint density at radius 1 is 0.897 bits per heavy atom. The van der Waals surface area contributed by atoms with Gasteiger partial charge in [-0.25, -0.2) is 0 Å². The third kappa shape index (κ3) is 3.94. The quantitative estimate of drug-likeness (QED) is 0.540. The van der Waals surface area contributed by atoms with Crippen molar-refractivity contribution in [2.24, 2.45) is 0 Å². The number of ether oxygens (including phenoxy) is 4. The van der Waals surface area contributed by atoms with Gasteiger partial charge in [0.25, 0.3) is 0 Å². The lowest BCUT2D eigenvalue weighted by Gasteiger charge is -2.23. The number of rotatable bonds is 6. The van der Waals surface area contributed by atoms with Crippen LogP contribution in [0.1, 0.15) is 28.4 Å². The van der Waals surface area contributed by atoms with Crippen molar-refractivity contribution in [3.05, 3.63) is 89.2 Å². The zero-order chi connectivity index (χ0) is 20.2. The zero-order valence-electron chi connectivity index (χ0n) is 16.2. The van der Waals surface area contributed by atoms with Gasteiger partial charge < -0.3 is 18.9 Å². The molecule has 0 atom stereocenters. The van der Waals surface area contributed by atoms with Gasteiger partial charge in [0.2, 0.25) is 0 Å². The molecule has 146 valence electrons. The highest BCUT2D eigenvalue weighted by Crippen LogP contribution is 2.40. The second-order valence-electron chi connectivity index (χ2n) is 6.55. The second kappa shape index (κ2) is 8.10. The molecule has 4 rings (SSSR count). The van der Waals surface area contributed by atoms with Crippen LogP contribution in [0.2, 0.25) is 0 Å². The van der Waals surface area contributed by atoms with Crippen molar-refractivity contribution >= 4 is 12.0 Å². The van der Waals surface area contributed by atoms with E-state index in [9.17, 15) is 4.79 Å². The van der Waals surface area contributed by atoms with Crippen molar-refractivity contribution < 1.29 is 23.7 Å². The summed E-state index contributed by atoms with van der Waals surface area (Å²) in [4.78, 5) is 11.1. The Bertz CT molecular complexity index is 1070. The fourth-order valence-electron chi connectivity index (χ4n) is 3.08. The minimum Gasteiger partial charge on any atom is -0.493 e. The summed E-state index contributed by atoms with van der Waals surface area (Å²) >= 11 is 0. The molecular weight excluding hydrogens is 368 g/mol. The van der Waals surface area contributed by atoms with Crippen LogP contribution in [0.5, 0.6) is 23.0 Å². The molecule has 0 saturated heterocycles. The maximum atomic E-state index is 11.1. The zero-order valence-corrected chi connectivity index (χ0v) is 16.2. The van der Waals surface area contributed by atoms with Crippen LogP contribution >= 0.6 is 0 Å². The molecule has 0 fully saturated rings. The Balaban J connectivity index is 1.59. The first-order chi connectivity index (χ1) is 14.2. The van der Waals surface area contributed by atoms with Gasteiger partial charge in [-0.05, 0) is 48.9 Å². The van der Waals surface area contributed by atoms with E-state index in [1.54, 1.807) is 25.3 Å².